The van der Waals surface area contributed by atoms with Crippen molar-refractivity contribution in [3.8, 4) is 0 Å². The summed E-state index contributed by atoms with van der Waals surface area (Å²) in [5, 5.41) is 4.51. The SMILES string of the molecule is CCOC(=O)c1ccc(Nc2ccnc3c(C(C)C)cccc23)cc1. The van der Waals surface area contributed by atoms with Gasteiger partial charge in [-0.2, -0.15) is 0 Å². The average Bonchev–Trinajstić information content (AvgIpc) is 2.62. The highest BCUT2D eigenvalue weighted by Gasteiger charge is 2.10. The highest BCUT2D eigenvalue weighted by Crippen LogP contribution is 2.30. The van der Waals surface area contributed by atoms with E-state index in [0.29, 0.717) is 18.1 Å². The third-order valence-electron chi connectivity index (χ3n) is 4.10. The number of aromatic nitrogens is 1. The fraction of sp³-hybridized carbons (Fsp3) is 0.238. The van der Waals surface area contributed by atoms with Gasteiger partial charge in [0.25, 0.3) is 0 Å². The number of anilines is 2. The normalized spacial score (nSPS) is 10.9. The molecule has 0 aliphatic carbocycles. The van der Waals surface area contributed by atoms with Crippen LogP contribution in [0.3, 0.4) is 0 Å². The molecular formula is C21H22N2O2. The van der Waals surface area contributed by atoms with Crippen molar-refractivity contribution in [2.75, 3.05) is 11.9 Å². The molecule has 2 aromatic carbocycles. The molecule has 0 amide bonds. The highest BCUT2D eigenvalue weighted by molar-refractivity contribution is 5.95. The van der Waals surface area contributed by atoms with E-state index in [0.717, 1.165) is 22.3 Å². The summed E-state index contributed by atoms with van der Waals surface area (Å²) in [5.41, 5.74) is 4.71. The predicted molar refractivity (Wildman–Crippen MR) is 102 cm³/mol. The lowest BCUT2D eigenvalue weighted by atomic mass is 9.99. The minimum absolute atomic E-state index is 0.301. The number of esters is 1. The van der Waals surface area contributed by atoms with E-state index in [1.807, 2.05) is 24.4 Å². The largest absolute Gasteiger partial charge is 0.462 e. The first-order valence-electron chi connectivity index (χ1n) is 8.52. The second kappa shape index (κ2) is 7.34. The van der Waals surface area contributed by atoms with Crippen LogP contribution in [0.25, 0.3) is 10.9 Å². The molecule has 0 radical (unpaired) electrons. The number of nitrogens with zero attached hydrogens (tertiary/aromatic N) is 1. The van der Waals surface area contributed by atoms with E-state index in [4.69, 9.17) is 4.74 Å². The van der Waals surface area contributed by atoms with Gasteiger partial charge in [-0.15, -0.1) is 0 Å². The van der Waals surface area contributed by atoms with Crippen LogP contribution in [0.1, 0.15) is 42.6 Å². The molecule has 4 nitrogen and oxygen atoms in total. The molecule has 0 spiro atoms. The molecular weight excluding hydrogens is 312 g/mol. The standard InChI is InChI=1S/C21H22N2O2/c1-4-25-21(24)15-8-10-16(11-9-15)23-19-12-13-22-20-17(14(2)3)6-5-7-18(19)20/h5-14H,4H2,1-3H3,(H,22,23). The number of pyridine rings is 1. The molecule has 128 valence electrons. The van der Waals surface area contributed by atoms with Crippen LogP contribution in [0.4, 0.5) is 11.4 Å². The van der Waals surface area contributed by atoms with E-state index in [1.165, 1.54) is 5.56 Å². The smallest absolute Gasteiger partial charge is 0.338 e. The molecule has 4 heteroatoms. The first kappa shape index (κ1) is 17.0. The van der Waals surface area contributed by atoms with Gasteiger partial charge in [-0.05, 0) is 48.7 Å². The maximum absolute atomic E-state index is 11.7. The summed E-state index contributed by atoms with van der Waals surface area (Å²) in [5.74, 6) is 0.111. The molecule has 0 bridgehead atoms. The molecule has 1 heterocycles. The summed E-state index contributed by atoms with van der Waals surface area (Å²) in [6.07, 6.45) is 1.82. The van der Waals surface area contributed by atoms with Crippen molar-refractivity contribution in [3.05, 3.63) is 65.9 Å². The number of hydrogen-bond acceptors (Lipinski definition) is 4. The number of rotatable bonds is 5. The Morgan fingerprint density at radius 2 is 1.88 bits per heavy atom. The molecule has 1 N–H and O–H groups in total. The van der Waals surface area contributed by atoms with Crippen LogP contribution in [0, 0.1) is 0 Å². The van der Waals surface area contributed by atoms with Crippen molar-refractivity contribution in [1.82, 2.24) is 4.98 Å². The average molecular weight is 334 g/mol. The van der Waals surface area contributed by atoms with E-state index >= 15 is 0 Å². The Kier molecular flexibility index (Phi) is 4.98. The first-order valence-corrected chi connectivity index (χ1v) is 8.52. The fourth-order valence-electron chi connectivity index (χ4n) is 2.83. The summed E-state index contributed by atoms with van der Waals surface area (Å²) in [4.78, 5) is 16.3. The first-order chi connectivity index (χ1) is 12.1. The Morgan fingerprint density at radius 3 is 2.56 bits per heavy atom. The zero-order chi connectivity index (χ0) is 17.8. The summed E-state index contributed by atoms with van der Waals surface area (Å²) < 4.78 is 5.01. The van der Waals surface area contributed by atoms with Gasteiger partial charge in [0.15, 0.2) is 0 Å². The molecule has 0 saturated carbocycles. The molecule has 0 fully saturated rings. The van der Waals surface area contributed by atoms with Gasteiger partial charge in [0.2, 0.25) is 0 Å². The maximum atomic E-state index is 11.7. The Bertz CT molecular complexity index is 886. The number of para-hydroxylation sites is 1. The second-order valence-corrected chi connectivity index (χ2v) is 6.18. The van der Waals surface area contributed by atoms with Gasteiger partial charge in [0.05, 0.1) is 17.7 Å². The molecule has 0 saturated heterocycles. The van der Waals surface area contributed by atoms with Crippen molar-refractivity contribution < 1.29 is 9.53 Å². The van der Waals surface area contributed by atoms with Crippen LogP contribution in [-0.2, 0) is 4.74 Å². The molecule has 0 aliphatic heterocycles. The number of ether oxygens (including phenoxy) is 1. The van der Waals surface area contributed by atoms with Crippen LogP contribution in [0.5, 0.6) is 0 Å². The van der Waals surface area contributed by atoms with Crippen molar-refractivity contribution >= 4 is 28.2 Å². The monoisotopic (exact) mass is 334 g/mol. The van der Waals surface area contributed by atoms with E-state index < -0.39 is 0 Å². The summed E-state index contributed by atoms with van der Waals surface area (Å²) in [6.45, 7) is 6.52. The number of carbonyl (C=O) groups excluding carboxylic acids is 1. The van der Waals surface area contributed by atoms with Gasteiger partial charge in [-0.3, -0.25) is 4.98 Å². The van der Waals surface area contributed by atoms with Crippen LogP contribution < -0.4 is 5.32 Å². The molecule has 0 unspecified atom stereocenters. The fourth-order valence-corrected chi connectivity index (χ4v) is 2.83. The van der Waals surface area contributed by atoms with Gasteiger partial charge < -0.3 is 10.1 Å². The van der Waals surface area contributed by atoms with Crippen LogP contribution in [0.15, 0.2) is 54.7 Å². The van der Waals surface area contributed by atoms with Gasteiger partial charge in [0, 0.05) is 23.0 Å². The Balaban J connectivity index is 1.91. The zero-order valence-electron chi connectivity index (χ0n) is 14.7. The summed E-state index contributed by atoms with van der Waals surface area (Å²) in [7, 11) is 0. The van der Waals surface area contributed by atoms with Crippen LogP contribution in [-0.4, -0.2) is 17.6 Å². The number of nitrogens with one attached hydrogen (secondary N) is 1. The van der Waals surface area contributed by atoms with E-state index in [9.17, 15) is 4.79 Å². The topological polar surface area (TPSA) is 51.2 Å². The van der Waals surface area contributed by atoms with Gasteiger partial charge in [0.1, 0.15) is 0 Å². The lowest BCUT2D eigenvalue weighted by molar-refractivity contribution is 0.0526. The highest BCUT2D eigenvalue weighted by atomic mass is 16.5. The van der Waals surface area contributed by atoms with Gasteiger partial charge in [-0.1, -0.05) is 32.0 Å². The van der Waals surface area contributed by atoms with E-state index in [2.05, 4.69) is 42.3 Å². The second-order valence-electron chi connectivity index (χ2n) is 6.18. The van der Waals surface area contributed by atoms with Crippen molar-refractivity contribution in [1.29, 1.82) is 0 Å². The summed E-state index contributed by atoms with van der Waals surface area (Å²) in [6, 6.07) is 15.5. The zero-order valence-corrected chi connectivity index (χ0v) is 14.7. The number of fused-ring (bicyclic) bond motifs is 1. The van der Waals surface area contributed by atoms with Crippen molar-refractivity contribution in [2.45, 2.75) is 26.7 Å². The number of benzene rings is 2. The number of carbonyl (C=O) groups is 1. The minimum Gasteiger partial charge on any atom is -0.462 e. The Hall–Kier alpha value is -2.88. The summed E-state index contributed by atoms with van der Waals surface area (Å²) >= 11 is 0. The quantitative estimate of drug-likeness (QED) is 0.645. The van der Waals surface area contributed by atoms with Gasteiger partial charge in [-0.25, -0.2) is 4.79 Å². The molecule has 0 atom stereocenters. The van der Waals surface area contributed by atoms with E-state index in [1.54, 1.807) is 19.1 Å². The predicted octanol–water partition coefficient (Wildman–Crippen LogP) is 5.28. The minimum atomic E-state index is -0.301. The maximum Gasteiger partial charge on any atom is 0.338 e. The lowest BCUT2D eigenvalue weighted by Gasteiger charge is -2.13. The molecule has 3 aromatic rings. The lowest BCUT2D eigenvalue weighted by Crippen LogP contribution is -2.04. The number of hydrogen-bond donors (Lipinski definition) is 1. The van der Waals surface area contributed by atoms with Crippen molar-refractivity contribution in [2.24, 2.45) is 0 Å². The third kappa shape index (κ3) is 3.63. The van der Waals surface area contributed by atoms with Crippen molar-refractivity contribution in [3.63, 3.8) is 0 Å². The molecule has 3 rings (SSSR count). The Labute approximate surface area is 147 Å². The van der Waals surface area contributed by atoms with Crippen LogP contribution in [0.2, 0.25) is 0 Å². The molecule has 1 aromatic heterocycles. The molecule has 25 heavy (non-hydrogen) atoms. The van der Waals surface area contributed by atoms with Gasteiger partial charge >= 0.3 is 5.97 Å². The molecule has 0 aliphatic rings. The third-order valence-corrected chi connectivity index (χ3v) is 4.10. The Morgan fingerprint density at radius 1 is 1.12 bits per heavy atom. The van der Waals surface area contributed by atoms with E-state index in [-0.39, 0.29) is 5.97 Å². The van der Waals surface area contributed by atoms with Crippen LogP contribution >= 0.6 is 0 Å².